The number of hydrogen-bond acceptors (Lipinski definition) is 2. The van der Waals surface area contributed by atoms with E-state index in [9.17, 15) is 9.18 Å². The number of halogens is 1. The zero-order valence-corrected chi connectivity index (χ0v) is 13.8. The van der Waals surface area contributed by atoms with Gasteiger partial charge < -0.3 is 15.2 Å². The summed E-state index contributed by atoms with van der Waals surface area (Å²) in [5.41, 5.74) is 2.88. The highest BCUT2D eigenvalue weighted by atomic mass is 19.1. The minimum absolute atomic E-state index is 0.0698. The van der Waals surface area contributed by atoms with Gasteiger partial charge in [-0.1, -0.05) is 12.1 Å². The fraction of sp³-hybridized carbons (Fsp3) is 0.211. The number of likely N-dealkylation sites (N-methyl/N-ethyl adjacent to an activating group) is 1. The average molecular weight is 325 g/mol. The summed E-state index contributed by atoms with van der Waals surface area (Å²) in [5.74, 6) is -0.900. The van der Waals surface area contributed by atoms with Crippen molar-refractivity contribution in [3.05, 3.63) is 60.0 Å². The molecule has 0 saturated carbocycles. The SMILES string of the molecule is CN(C)CCNC(=O)c1cc(-c2ccc3[nH]ccc3c2)ccc1F. The molecule has 1 aromatic heterocycles. The monoisotopic (exact) mass is 325 g/mol. The van der Waals surface area contributed by atoms with Crippen LogP contribution in [0.5, 0.6) is 0 Å². The van der Waals surface area contributed by atoms with E-state index in [-0.39, 0.29) is 11.5 Å². The van der Waals surface area contributed by atoms with E-state index >= 15 is 0 Å². The van der Waals surface area contributed by atoms with Gasteiger partial charge in [-0.15, -0.1) is 0 Å². The Hall–Kier alpha value is -2.66. The number of benzene rings is 2. The molecule has 2 aromatic carbocycles. The minimum Gasteiger partial charge on any atom is -0.361 e. The molecule has 0 fully saturated rings. The Kier molecular flexibility index (Phi) is 4.62. The van der Waals surface area contributed by atoms with Crippen molar-refractivity contribution in [2.75, 3.05) is 27.2 Å². The molecule has 0 bridgehead atoms. The van der Waals surface area contributed by atoms with Crippen LogP contribution in [0.3, 0.4) is 0 Å². The molecule has 3 aromatic rings. The number of aromatic amines is 1. The molecule has 124 valence electrons. The van der Waals surface area contributed by atoms with E-state index in [1.54, 1.807) is 12.1 Å². The van der Waals surface area contributed by atoms with E-state index in [0.717, 1.165) is 22.0 Å². The van der Waals surface area contributed by atoms with E-state index in [4.69, 9.17) is 0 Å². The van der Waals surface area contributed by atoms with Gasteiger partial charge in [0, 0.05) is 24.8 Å². The van der Waals surface area contributed by atoms with Gasteiger partial charge >= 0.3 is 0 Å². The molecule has 1 amide bonds. The standard InChI is InChI=1S/C19H20FN3O/c1-23(2)10-9-22-19(24)16-12-14(3-5-17(16)20)13-4-6-18-15(11-13)7-8-21-18/h3-8,11-12,21H,9-10H2,1-2H3,(H,22,24). The predicted molar refractivity (Wildman–Crippen MR) is 94.6 cm³/mol. The van der Waals surface area contributed by atoms with Crippen molar-refractivity contribution >= 4 is 16.8 Å². The number of carbonyl (C=O) groups is 1. The smallest absolute Gasteiger partial charge is 0.254 e. The first-order valence-electron chi connectivity index (χ1n) is 7.84. The Morgan fingerprint density at radius 1 is 1.12 bits per heavy atom. The molecule has 0 saturated heterocycles. The molecule has 0 unspecified atom stereocenters. The number of nitrogens with zero attached hydrogens (tertiary/aromatic N) is 1. The van der Waals surface area contributed by atoms with Gasteiger partial charge in [0.25, 0.3) is 5.91 Å². The van der Waals surface area contributed by atoms with Crippen LogP contribution >= 0.6 is 0 Å². The molecule has 3 rings (SSSR count). The van der Waals surface area contributed by atoms with Crippen molar-refractivity contribution in [1.29, 1.82) is 0 Å². The molecule has 0 atom stereocenters. The molecule has 0 aliphatic rings. The maximum atomic E-state index is 14.0. The van der Waals surface area contributed by atoms with E-state index < -0.39 is 5.82 Å². The minimum atomic E-state index is -0.510. The lowest BCUT2D eigenvalue weighted by molar-refractivity contribution is 0.0947. The van der Waals surface area contributed by atoms with Gasteiger partial charge in [-0.3, -0.25) is 4.79 Å². The maximum Gasteiger partial charge on any atom is 0.254 e. The first kappa shape index (κ1) is 16.2. The summed E-state index contributed by atoms with van der Waals surface area (Å²) < 4.78 is 14.0. The molecular formula is C19H20FN3O. The third kappa shape index (κ3) is 3.46. The van der Waals surface area contributed by atoms with Crippen LogP contribution in [0, 0.1) is 5.82 Å². The topological polar surface area (TPSA) is 48.1 Å². The van der Waals surface area contributed by atoms with Crippen molar-refractivity contribution in [2.45, 2.75) is 0 Å². The van der Waals surface area contributed by atoms with E-state index in [2.05, 4.69) is 10.3 Å². The molecule has 4 nitrogen and oxygen atoms in total. The molecule has 0 spiro atoms. The predicted octanol–water partition coefficient (Wildman–Crippen LogP) is 3.27. The third-order valence-electron chi connectivity index (χ3n) is 3.94. The van der Waals surface area contributed by atoms with E-state index in [1.807, 2.05) is 49.5 Å². The first-order chi connectivity index (χ1) is 11.5. The zero-order valence-electron chi connectivity index (χ0n) is 13.8. The summed E-state index contributed by atoms with van der Waals surface area (Å²) in [4.78, 5) is 17.3. The van der Waals surface area contributed by atoms with Crippen molar-refractivity contribution in [3.63, 3.8) is 0 Å². The highest BCUT2D eigenvalue weighted by Gasteiger charge is 2.13. The summed E-state index contributed by atoms with van der Waals surface area (Å²) in [7, 11) is 3.84. The van der Waals surface area contributed by atoms with Crippen molar-refractivity contribution in [2.24, 2.45) is 0 Å². The van der Waals surface area contributed by atoms with Crippen LogP contribution in [-0.2, 0) is 0 Å². The van der Waals surface area contributed by atoms with Crippen LogP contribution in [-0.4, -0.2) is 43.0 Å². The molecule has 0 aliphatic carbocycles. The summed E-state index contributed by atoms with van der Waals surface area (Å²) in [6.45, 7) is 1.18. The Morgan fingerprint density at radius 2 is 1.88 bits per heavy atom. The number of aromatic nitrogens is 1. The number of carbonyl (C=O) groups excluding carboxylic acids is 1. The summed E-state index contributed by atoms with van der Waals surface area (Å²) >= 11 is 0. The Labute approximate surface area is 140 Å². The number of H-pyrrole nitrogens is 1. The van der Waals surface area contributed by atoms with Crippen LogP contribution in [0.15, 0.2) is 48.7 Å². The second kappa shape index (κ2) is 6.84. The lowest BCUT2D eigenvalue weighted by atomic mass is 10.0. The highest BCUT2D eigenvalue weighted by Crippen LogP contribution is 2.25. The molecule has 5 heteroatoms. The summed E-state index contributed by atoms with van der Waals surface area (Å²) in [6.07, 6.45) is 1.88. The van der Waals surface area contributed by atoms with Gasteiger partial charge in [0.2, 0.25) is 0 Å². The lowest BCUT2D eigenvalue weighted by Crippen LogP contribution is -2.31. The molecule has 2 N–H and O–H groups in total. The maximum absolute atomic E-state index is 14.0. The Morgan fingerprint density at radius 3 is 2.67 bits per heavy atom. The van der Waals surface area contributed by atoms with Gasteiger partial charge in [-0.25, -0.2) is 4.39 Å². The zero-order chi connectivity index (χ0) is 17.1. The van der Waals surface area contributed by atoms with E-state index in [0.29, 0.717) is 13.1 Å². The first-order valence-corrected chi connectivity index (χ1v) is 7.84. The van der Waals surface area contributed by atoms with Gasteiger partial charge in [0.15, 0.2) is 0 Å². The van der Waals surface area contributed by atoms with Crippen LogP contribution in [0.1, 0.15) is 10.4 Å². The summed E-state index contributed by atoms with van der Waals surface area (Å²) in [6, 6.07) is 12.6. The second-order valence-electron chi connectivity index (χ2n) is 6.03. The molecule has 24 heavy (non-hydrogen) atoms. The molecule has 0 aliphatic heterocycles. The average Bonchev–Trinajstić information content (AvgIpc) is 3.02. The normalized spacial score (nSPS) is 11.2. The second-order valence-corrected chi connectivity index (χ2v) is 6.03. The number of amides is 1. The highest BCUT2D eigenvalue weighted by molar-refractivity contribution is 5.96. The molecule has 0 radical (unpaired) electrons. The van der Waals surface area contributed by atoms with Crippen LogP contribution in [0.4, 0.5) is 4.39 Å². The van der Waals surface area contributed by atoms with Crippen LogP contribution in [0.25, 0.3) is 22.0 Å². The number of hydrogen-bond donors (Lipinski definition) is 2. The quantitative estimate of drug-likeness (QED) is 0.756. The lowest BCUT2D eigenvalue weighted by Gasteiger charge is -2.11. The molecular weight excluding hydrogens is 305 g/mol. The third-order valence-corrected chi connectivity index (χ3v) is 3.94. The number of nitrogens with one attached hydrogen (secondary N) is 2. The van der Waals surface area contributed by atoms with Crippen molar-refractivity contribution < 1.29 is 9.18 Å². The largest absolute Gasteiger partial charge is 0.361 e. The fourth-order valence-corrected chi connectivity index (χ4v) is 2.60. The van der Waals surface area contributed by atoms with Crippen LogP contribution in [0.2, 0.25) is 0 Å². The van der Waals surface area contributed by atoms with Gasteiger partial charge in [-0.2, -0.15) is 0 Å². The van der Waals surface area contributed by atoms with Crippen LogP contribution < -0.4 is 5.32 Å². The van der Waals surface area contributed by atoms with Gasteiger partial charge in [-0.05, 0) is 60.9 Å². The number of rotatable bonds is 5. The fourth-order valence-electron chi connectivity index (χ4n) is 2.60. The van der Waals surface area contributed by atoms with Crippen molar-refractivity contribution in [1.82, 2.24) is 15.2 Å². The van der Waals surface area contributed by atoms with E-state index in [1.165, 1.54) is 6.07 Å². The van der Waals surface area contributed by atoms with Gasteiger partial charge in [0.05, 0.1) is 5.56 Å². The summed E-state index contributed by atoms with van der Waals surface area (Å²) in [5, 5.41) is 3.83. The number of fused-ring (bicyclic) bond motifs is 1. The Bertz CT molecular complexity index is 870. The molecule has 1 heterocycles. The van der Waals surface area contributed by atoms with Gasteiger partial charge in [0.1, 0.15) is 5.82 Å². The van der Waals surface area contributed by atoms with Crippen molar-refractivity contribution in [3.8, 4) is 11.1 Å². The Balaban J connectivity index is 1.86.